The highest BCUT2D eigenvalue weighted by Gasteiger charge is 2.14. The standard InChI is InChI=1S/C18H24N2/c1-12-5-7-16(8-6-12)11-18(20-19)17-10-14(3)13(2)9-15(17)4/h5-10,18,20H,11,19H2,1-4H3. The van der Waals surface area contributed by atoms with E-state index in [4.69, 9.17) is 5.84 Å². The van der Waals surface area contributed by atoms with Crippen LogP contribution in [0.25, 0.3) is 0 Å². The van der Waals surface area contributed by atoms with E-state index in [0.717, 1.165) is 6.42 Å². The first-order chi connectivity index (χ1) is 9.51. The van der Waals surface area contributed by atoms with Gasteiger partial charge in [-0.3, -0.25) is 11.3 Å². The van der Waals surface area contributed by atoms with Crippen LogP contribution in [0.2, 0.25) is 0 Å². The zero-order valence-electron chi connectivity index (χ0n) is 12.8. The second-order valence-corrected chi connectivity index (χ2v) is 5.70. The first-order valence-corrected chi connectivity index (χ1v) is 7.10. The van der Waals surface area contributed by atoms with Crippen molar-refractivity contribution in [3.05, 3.63) is 69.8 Å². The lowest BCUT2D eigenvalue weighted by Gasteiger charge is -2.20. The molecule has 1 unspecified atom stereocenters. The van der Waals surface area contributed by atoms with Crippen LogP contribution in [0.1, 0.15) is 39.4 Å². The molecule has 2 rings (SSSR count). The molecule has 2 heteroatoms. The first-order valence-electron chi connectivity index (χ1n) is 7.10. The normalized spacial score (nSPS) is 12.4. The van der Waals surface area contributed by atoms with Crippen LogP contribution >= 0.6 is 0 Å². The molecule has 0 aromatic heterocycles. The summed E-state index contributed by atoms with van der Waals surface area (Å²) in [5.41, 5.74) is 10.8. The van der Waals surface area contributed by atoms with Crippen molar-refractivity contribution in [2.75, 3.05) is 0 Å². The Balaban J connectivity index is 2.28. The molecule has 2 aromatic rings. The van der Waals surface area contributed by atoms with Crippen LogP contribution in [0, 0.1) is 27.7 Å². The van der Waals surface area contributed by atoms with E-state index < -0.39 is 0 Å². The summed E-state index contributed by atoms with van der Waals surface area (Å²) in [6.07, 6.45) is 0.903. The van der Waals surface area contributed by atoms with Gasteiger partial charge in [0.25, 0.3) is 0 Å². The van der Waals surface area contributed by atoms with Gasteiger partial charge in [0.15, 0.2) is 0 Å². The van der Waals surface area contributed by atoms with E-state index in [1.54, 1.807) is 0 Å². The van der Waals surface area contributed by atoms with Crippen LogP contribution in [-0.4, -0.2) is 0 Å². The Hall–Kier alpha value is -1.64. The third-order valence-electron chi connectivity index (χ3n) is 4.02. The highest BCUT2D eigenvalue weighted by molar-refractivity contribution is 5.39. The second kappa shape index (κ2) is 6.21. The maximum Gasteiger partial charge on any atom is 0.0503 e. The number of nitrogens with two attached hydrogens (primary N) is 1. The Morgan fingerprint density at radius 3 is 2.10 bits per heavy atom. The number of hydrazine groups is 1. The molecule has 0 aliphatic carbocycles. The molecular formula is C18H24N2. The molecule has 20 heavy (non-hydrogen) atoms. The number of aryl methyl sites for hydroxylation is 4. The Morgan fingerprint density at radius 1 is 0.900 bits per heavy atom. The average molecular weight is 268 g/mol. The van der Waals surface area contributed by atoms with E-state index >= 15 is 0 Å². The molecule has 3 N–H and O–H groups in total. The predicted molar refractivity (Wildman–Crippen MR) is 85.6 cm³/mol. The van der Waals surface area contributed by atoms with Crippen molar-refractivity contribution in [1.29, 1.82) is 0 Å². The van der Waals surface area contributed by atoms with Gasteiger partial charge in [0, 0.05) is 0 Å². The SMILES string of the molecule is Cc1ccc(CC(NN)c2cc(C)c(C)cc2C)cc1. The lowest BCUT2D eigenvalue weighted by molar-refractivity contribution is 0.549. The monoisotopic (exact) mass is 268 g/mol. The van der Waals surface area contributed by atoms with Gasteiger partial charge in [0.2, 0.25) is 0 Å². The lowest BCUT2D eigenvalue weighted by atomic mass is 9.92. The quantitative estimate of drug-likeness (QED) is 0.656. The van der Waals surface area contributed by atoms with Crippen LogP contribution in [0.4, 0.5) is 0 Å². The first kappa shape index (κ1) is 14.8. The van der Waals surface area contributed by atoms with Gasteiger partial charge in [-0.05, 0) is 61.9 Å². The Labute approximate surface area is 122 Å². The van der Waals surface area contributed by atoms with Gasteiger partial charge in [-0.15, -0.1) is 0 Å². The van der Waals surface area contributed by atoms with Crippen molar-refractivity contribution >= 4 is 0 Å². The molecule has 0 bridgehead atoms. The molecule has 2 aromatic carbocycles. The van der Waals surface area contributed by atoms with E-state index in [2.05, 4.69) is 69.5 Å². The fourth-order valence-corrected chi connectivity index (χ4v) is 2.58. The fraction of sp³-hybridized carbons (Fsp3) is 0.333. The summed E-state index contributed by atoms with van der Waals surface area (Å²) in [7, 11) is 0. The minimum Gasteiger partial charge on any atom is -0.271 e. The van der Waals surface area contributed by atoms with Crippen molar-refractivity contribution in [2.24, 2.45) is 5.84 Å². The summed E-state index contributed by atoms with van der Waals surface area (Å²) >= 11 is 0. The second-order valence-electron chi connectivity index (χ2n) is 5.70. The Bertz CT molecular complexity index is 585. The van der Waals surface area contributed by atoms with Crippen LogP contribution in [0.5, 0.6) is 0 Å². The average Bonchev–Trinajstić information content (AvgIpc) is 2.43. The minimum atomic E-state index is 0.150. The van der Waals surface area contributed by atoms with Crippen molar-refractivity contribution in [2.45, 2.75) is 40.2 Å². The van der Waals surface area contributed by atoms with Gasteiger partial charge in [-0.1, -0.05) is 42.0 Å². The third kappa shape index (κ3) is 3.27. The van der Waals surface area contributed by atoms with Crippen molar-refractivity contribution in [3.8, 4) is 0 Å². The molecule has 106 valence electrons. The highest BCUT2D eigenvalue weighted by Crippen LogP contribution is 2.24. The molecule has 0 radical (unpaired) electrons. The topological polar surface area (TPSA) is 38.0 Å². The molecule has 0 amide bonds. The van der Waals surface area contributed by atoms with Crippen LogP contribution < -0.4 is 11.3 Å². The lowest BCUT2D eigenvalue weighted by Crippen LogP contribution is -2.30. The molecule has 0 aliphatic heterocycles. The van der Waals surface area contributed by atoms with Gasteiger partial charge in [-0.25, -0.2) is 0 Å². The molecule has 1 atom stereocenters. The maximum absolute atomic E-state index is 5.79. The van der Waals surface area contributed by atoms with Crippen molar-refractivity contribution in [1.82, 2.24) is 5.43 Å². The van der Waals surface area contributed by atoms with Crippen LogP contribution in [-0.2, 0) is 6.42 Å². The molecule has 2 nitrogen and oxygen atoms in total. The molecule has 0 saturated heterocycles. The Morgan fingerprint density at radius 2 is 1.50 bits per heavy atom. The van der Waals surface area contributed by atoms with Crippen LogP contribution in [0.3, 0.4) is 0 Å². The van der Waals surface area contributed by atoms with E-state index in [9.17, 15) is 0 Å². The van der Waals surface area contributed by atoms with Crippen LogP contribution in [0.15, 0.2) is 36.4 Å². The van der Waals surface area contributed by atoms with E-state index in [1.807, 2.05) is 0 Å². The van der Waals surface area contributed by atoms with Crippen molar-refractivity contribution in [3.63, 3.8) is 0 Å². The summed E-state index contributed by atoms with van der Waals surface area (Å²) in [6.45, 7) is 8.56. The molecule has 0 aliphatic rings. The summed E-state index contributed by atoms with van der Waals surface area (Å²) < 4.78 is 0. The minimum absolute atomic E-state index is 0.150. The van der Waals surface area contributed by atoms with Gasteiger partial charge in [0.1, 0.15) is 0 Å². The van der Waals surface area contributed by atoms with E-state index in [1.165, 1.54) is 33.4 Å². The molecule has 0 fully saturated rings. The predicted octanol–water partition coefficient (Wildman–Crippen LogP) is 3.67. The summed E-state index contributed by atoms with van der Waals surface area (Å²) in [5.74, 6) is 5.79. The largest absolute Gasteiger partial charge is 0.271 e. The zero-order chi connectivity index (χ0) is 14.7. The summed E-state index contributed by atoms with van der Waals surface area (Å²) in [6, 6.07) is 13.3. The zero-order valence-corrected chi connectivity index (χ0v) is 12.8. The molecule has 0 heterocycles. The van der Waals surface area contributed by atoms with Gasteiger partial charge < -0.3 is 0 Å². The number of hydrogen-bond acceptors (Lipinski definition) is 2. The summed E-state index contributed by atoms with van der Waals surface area (Å²) in [5, 5.41) is 0. The smallest absolute Gasteiger partial charge is 0.0503 e. The Kier molecular flexibility index (Phi) is 4.58. The third-order valence-corrected chi connectivity index (χ3v) is 4.02. The number of hydrogen-bond donors (Lipinski definition) is 2. The fourth-order valence-electron chi connectivity index (χ4n) is 2.58. The molecule has 0 saturated carbocycles. The van der Waals surface area contributed by atoms with Gasteiger partial charge in [-0.2, -0.15) is 0 Å². The molecular weight excluding hydrogens is 244 g/mol. The molecule has 0 spiro atoms. The van der Waals surface area contributed by atoms with Gasteiger partial charge >= 0.3 is 0 Å². The number of benzene rings is 2. The number of nitrogens with one attached hydrogen (secondary N) is 1. The number of rotatable bonds is 4. The van der Waals surface area contributed by atoms with Crippen molar-refractivity contribution < 1.29 is 0 Å². The highest BCUT2D eigenvalue weighted by atomic mass is 15.2. The maximum atomic E-state index is 5.79. The summed E-state index contributed by atoms with van der Waals surface area (Å²) in [4.78, 5) is 0. The van der Waals surface area contributed by atoms with E-state index in [0.29, 0.717) is 0 Å². The van der Waals surface area contributed by atoms with Gasteiger partial charge in [0.05, 0.1) is 6.04 Å². The van der Waals surface area contributed by atoms with E-state index in [-0.39, 0.29) is 6.04 Å².